The molecule has 0 bridgehead atoms. The van der Waals surface area contributed by atoms with Gasteiger partial charge in [0.05, 0.1) is 17.6 Å². The number of nitrogens with one attached hydrogen (secondary N) is 3. The molecule has 1 heterocycles. The summed E-state index contributed by atoms with van der Waals surface area (Å²) >= 11 is 0. The van der Waals surface area contributed by atoms with Crippen LogP contribution in [0, 0.1) is 0 Å². The summed E-state index contributed by atoms with van der Waals surface area (Å²) in [5.74, 6) is 0.470. The van der Waals surface area contributed by atoms with Crippen LogP contribution in [0.4, 0.5) is 0 Å². The van der Waals surface area contributed by atoms with E-state index in [0.717, 1.165) is 23.3 Å². The van der Waals surface area contributed by atoms with Crippen molar-refractivity contribution in [2.24, 2.45) is 0 Å². The first-order valence-corrected chi connectivity index (χ1v) is 7.16. The fourth-order valence-electron chi connectivity index (χ4n) is 1.95. The van der Waals surface area contributed by atoms with Crippen molar-refractivity contribution in [2.45, 2.75) is 26.2 Å². The van der Waals surface area contributed by atoms with E-state index in [-0.39, 0.29) is 18.4 Å². The van der Waals surface area contributed by atoms with Gasteiger partial charge in [-0.25, -0.2) is 4.98 Å². The van der Waals surface area contributed by atoms with Crippen molar-refractivity contribution in [3.8, 4) is 0 Å². The Bertz CT molecular complexity index is 588. The van der Waals surface area contributed by atoms with Crippen LogP contribution >= 0.6 is 0 Å². The van der Waals surface area contributed by atoms with Gasteiger partial charge in [0.25, 0.3) is 0 Å². The van der Waals surface area contributed by atoms with Crippen molar-refractivity contribution in [1.82, 2.24) is 20.6 Å². The minimum absolute atomic E-state index is 0.0267. The lowest BCUT2D eigenvalue weighted by atomic mass is 10.3. The summed E-state index contributed by atoms with van der Waals surface area (Å²) in [5, 5.41) is 5.31. The Morgan fingerprint density at radius 2 is 2.00 bits per heavy atom. The summed E-state index contributed by atoms with van der Waals surface area (Å²) < 4.78 is 0. The van der Waals surface area contributed by atoms with Crippen LogP contribution in [-0.4, -0.2) is 34.9 Å². The molecule has 0 aliphatic rings. The summed E-state index contributed by atoms with van der Waals surface area (Å²) in [6.07, 6.45) is 1.71. The molecule has 112 valence electrons. The molecule has 2 amide bonds. The highest BCUT2D eigenvalue weighted by Gasteiger charge is 2.07. The number of aromatic amines is 1. The Kier molecular flexibility index (Phi) is 5.31. The number of H-pyrrole nitrogens is 1. The lowest BCUT2D eigenvalue weighted by molar-refractivity contribution is -0.126. The number of rotatable bonds is 7. The van der Waals surface area contributed by atoms with Crippen molar-refractivity contribution in [1.29, 1.82) is 0 Å². The Morgan fingerprint density at radius 3 is 2.76 bits per heavy atom. The number of aromatic nitrogens is 2. The number of benzene rings is 1. The van der Waals surface area contributed by atoms with Gasteiger partial charge in [-0.2, -0.15) is 0 Å². The van der Waals surface area contributed by atoms with Gasteiger partial charge in [-0.05, 0) is 18.6 Å². The molecule has 1 aromatic heterocycles. The number of hydrogen-bond donors (Lipinski definition) is 3. The summed E-state index contributed by atoms with van der Waals surface area (Å²) in [7, 11) is 0. The molecule has 0 fully saturated rings. The number of nitrogens with zero attached hydrogens (tertiary/aromatic N) is 1. The topological polar surface area (TPSA) is 86.9 Å². The molecular formula is C15H20N4O2. The van der Waals surface area contributed by atoms with Crippen LogP contribution in [0.5, 0.6) is 0 Å². The smallest absolute Gasteiger partial charge is 0.239 e. The van der Waals surface area contributed by atoms with E-state index in [2.05, 4.69) is 20.6 Å². The average molecular weight is 288 g/mol. The van der Waals surface area contributed by atoms with Crippen LogP contribution in [-0.2, 0) is 16.0 Å². The molecule has 6 heteroatoms. The van der Waals surface area contributed by atoms with Crippen molar-refractivity contribution in [3.05, 3.63) is 30.1 Å². The lowest BCUT2D eigenvalue weighted by Crippen LogP contribution is -2.37. The number of hydrogen-bond acceptors (Lipinski definition) is 3. The predicted molar refractivity (Wildman–Crippen MR) is 80.7 cm³/mol. The monoisotopic (exact) mass is 288 g/mol. The van der Waals surface area contributed by atoms with Crippen molar-refractivity contribution in [3.63, 3.8) is 0 Å². The molecule has 1 aromatic carbocycles. The maximum atomic E-state index is 11.7. The normalized spacial score (nSPS) is 10.5. The van der Waals surface area contributed by atoms with Crippen LogP contribution in [0.3, 0.4) is 0 Å². The summed E-state index contributed by atoms with van der Waals surface area (Å²) in [5.41, 5.74) is 1.86. The maximum Gasteiger partial charge on any atom is 0.239 e. The van der Waals surface area contributed by atoms with E-state index in [1.54, 1.807) is 0 Å². The molecule has 0 spiro atoms. The third-order valence-corrected chi connectivity index (χ3v) is 3.05. The minimum Gasteiger partial charge on any atom is -0.355 e. The van der Waals surface area contributed by atoms with E-state index in [4.69, 9.17) is 0 Å². The van der Waals surface area contributed by atoms with Crippen molar-refractivity contribution >= 4 is 22.8 Å². The zero-order valence-corrected chi connectivity index (χ0v) is 12.1. The molecule has 6 nitrogen and oxygen atoms in total. The SMILES string of the molecule is CCCNC(=O)CNC(=O)CCc1nc2ccccc2[nH]1. The standard InChI is InChI=1S/C15H20N4O2/c1-2-9-16-15(21)10-17-14(20)8-7-13-18-11-5-3-4-6-12(11)19-13/h3-6H,2,7-10H2,1H3,(H,16,21)(H,17,20)(H,18,19). The van der Waals surface area contributed by atoms with Gasteiger partial charge >= 0.3 is 0 Å². The number of aryl methyl sites for hydroxylation is 1. The third-order valence-electron chi connectivity index (χ3n) is 3.05. The molecular weight excluding hydrogens is 268 g/mol. The zero-order valence-electron chi connectivity index (χ0n) is 12.1. The minimum atomic E-state index is -0.158. The molecule has 2 rings (SSSR count). The molecule has 0 saturated heterocycles. The number of imidazole rings is 1. The van der Waals surface area contributed by atoms with E-state index < -0.39 is 0 Å². The van der Waals surface area contributed by atoms with Crippen LogP contribution in [0.1, 0.15) is 25.6 Å². The van der Waals surface area contributed by atoms with Crippen LogP contribution < -0.4 is 10.6 Å². The molecule has 0 aliphatic carbocycles. The highest BCUT2D eigenvalue weighted by atomic mass is 16.2. The van der Waals surface area contributed by atoms with E-state index in [1.807, 2.05) is 31.2 Å². The Morgan fingerprint density at radius 1 is 1.19 bits per heavy atom. The van der Waals surface area contributed by atoms with Gasteiger partial charge in [0.2, 0.25) is 11.8 Å². The molecule has 0 unspecified atom stereocenters. The van der Waals surface area contributed by atoms with Gasteiger partial charge in [0.1, 0.15) is 5.82 Å². The van der Waals surface area contributed by atoms with Crippen molar-refractivity contribution in [2.75, 3.05) is 13.1 Å². The Hall–Kier alpha value is -2.37. The number of carbonyl (C=O) groups is 2. The second-order valence-corrected chi connectivity index (χ2v) is 4.83. The van der Waals surface area contributed by atoms with Gasteiger partial charge in [0, 0.05) is 19.4 Å². The fraction of sp³-hybridized carbons (Fsp3) is 0.400. The second-order valence-electron chi connectivity index (χ2n) is 4.83. The summed E-state index contributed by atoms with van der Waals surface area (Å²) in [6, 6.07) is 7.73. The fourth-order valence-corrected chi connectivity index (χ4v) is 1.95. The summed E-state index contributed by atoms with van der Waals surface area (Å²) in [6.45, 7) is 2.64. The highest BCUT2D eigenvalue weighted by molar-refractivity contribution is 5.84. The first kappa shape index (κ1) is 15.0. The highest BCUT2D eigenvalue weighted by Crippen LogP contribution is 2.11. The molecule has 2 aromatic rings. The molecule has 0 saturated carbocycles. The number of fused-ring (bicyclic) bond motifs is 1. The molecule has 0 aliphatic heterocycles. The zero-order chi connectivity index (χ0) is 15.1. The first-order chi connectivity index (χ1) is 10.2. The average Bonchev–Trinajstić information content (AvgIpc) is 2.91. The van der Waals surface area contributed by atoms with Crippen LogP contribution in [0.25, 0.3) is 11.0 Å². The first-order valence-electron chi connectivity index (χ1n) is 7.16. The maximum absolute atomic E-state index is 11.7. The quantitative estimate of drug-likeness (QED) is 0.714. The molecule has 3 N–H and O–H groups in total. The van der Waals surface area contributed by atoms with Crippen molar-refractivity contribution < 1.29 is 9.59 Å². The van der Waals surface area contributed by atoms with Gasteiger partial charge < -0.3 is 15.6 Å². The molecule has 0 radical (unpaired) electrons. The van der Waals surface area contributed by atoms with E-state index in [0.29, 0.717) is 19.4 Å². The van der Waals surface area contributed by atoms with Crippen LogP contribution in [0.2, 0.25) is 0 Å². The van der Waals surface area contributed by atoms with Gasteiger partial charge in [-0.3, -0.25) is 9.59 Å². The second kappa shape index (κ2) is 7.42. The predicted octanol–water partition coefficient (Wildman–Crippen LogP) is 1.14. The molecule has 21 heavy (non-hydrogen) atoms. The van der Waals surface area contributed by atoms with Gasteiger partial charge in [-0.1, -0.05) is 19.1 Å². The number of para-hydroxylation sites is 2. The Balaban J connectivity index is 1.74. The largest absolute Gasteiger partial charge is 0.355 e. The summed E-state index contributed by atoms with van der Waals surface area (Å²) in [4.78, 5) is 30.6. The van der Waals surface area contributed by atoms with E-state index >= 15 is 0 Å². The van der Waals surface area contributed by atoms with Crippen LogP contribution in [0.15, 0.2) is 24.3 Å². The number of carbonyl (C=O) groups excluding carboxylic acids is 2. The lowest BCUT2D eigenvalue weighted by Gasteiger charge is -2.05. The van der Waals surface area contributed by atoms with Gasteiger partial charge in [0.15, 0.2) is 0 Å². The van der Waals surface area contributed by atoms with E-state index in [1.165, 1.54) is 0 Å². The Labute approximate surface area is 123 Å². The third kappa shape index (κ3) is 4.59. The van der Waals surface area contributed by atoms with Gasteiger partial charge in [-0.15, -0.1) is 0 Å². The van der Waals surface area contributed by atoms with E-state index in [9.17, 15) is 9.59 Å². The molecule has 0 atom stereocenters. The number of amides is 2.